The van der Waals surface area contributed by atoms with E-state index in [1.54, 1.807) is 48.5 Å². The van der Waals surface area contributed by atoms with Crippen molar-refractivity contribution in [3.05, 3.63) is 114 Å². The highest BCUT2D eigenvalue weighted by Crippen LogP contribution is 2.24. The second kappa shape index (κ2) is 11.9. The third kappa shape index (κ3) is 6.67. The number of carboxylic acid groups (broad SMARTS) is 1. The Bertz CT molecular complexity index is 1640. The number of pyridine rings is 1. The summed E-state index contributed by atoms with van der Waals surface area (Å²) in [7, 11) is 0. The molecule has 2 heterocycles. The molecule has 3 aromatic carbocycles. The highest BCUT2D eigenvalue weighted by Gasteiger charge is 2.19. The van der Waals surface area contributed by atoms with E-state index in [0.717, 1.165) is 11.3 Å². The first-order chi connectivity index (χ1) is 19.4. The number of carboxylic acids is 1. The summed E-state index contributed by atoms with van der Waals surface area (Å²) in [6.07, 6.45) is 2.80. The van der Waals surface area contributed by atoms with E-state index in [9.17, 15) is 19.5 Å². The van der Waals surface area contributed by atoms with E-state index in [0.29, 0.717) is 33.9 Å². The minimum Gasteiger partial charge on any atom is -0.481 e. The number of rotatable bonds is 10. The molecule has 2 amide bonds. The van der Waals surface area contributed by atoms with Crippen LogP contribution in [0, 0.1) is 0 Å². The Balaban J connectivity index is 1.21. The maximum Gasteiger partial charge on any atom is 0.305 e. The number of carbonyl (C=O) groups excluding carboxylic acids is 2. The predicted octanol–water partition coefficient (Wildman–Crippen LogP) is 5.09. The maximum atomic E-state index is 12.7. The molecule has 5 rings (SSSR count). The summed E-state index contributed by atoms with van der Waals surface area (Å²) in [5.41, 5.74) is 4.35. The topological polar surface area (TPSA) is 146 Å². The van der Waals surface area contributed by atoms with Gasteiger partial charge in [-0.05, 0) is 59.7 Å². The predicted molar refractivity (Wildman–Crippen MR) is 149 cm³/mol. The van der Waals surface area contributed by atoms with Crippen LogP contribution in [0.25, 0.3) is 11.1 Å². The molecule has 10 heteroatoms. The molecule has 0 bridgehead atoms. The molecule has 0 spiro atoms. The van der Waals surface area contributed by atoms with Gasteiger partial charge in [0.25, 0.3) is 11.9 Å². The first-order valence-corrected chi connectivity index (χ1v) is 12.5. The molecule has 0 unspecified atom stereocenters. The van der Waals surface area contributed by atoms with Gasteiger partial charge >= 0.3 is 5.97 Å². The molecule has 10 nitrogen and oxygen atoms in total. The van der Waals surface area contributed by atoms with Gasteiger partial charge in [-0.25, -0.2) is 0 Å². The fourth-order valence-electron chi connectivity index (χ4n) is 4.14. The molecule has 40 heavy (non-hydrogen) atoms. The molecule has 0 fully saturated rings. The second-order valence-corrected chi connectivity index (χ2v) is 9.02. The van der Waals surface area contributed by atoms with Crippen molar-refractivity contribution in [3.63, 3.8) is 0 Å². The zero-order chi connectivity index (χ0) is 27.9. The van der Waals surface area contributed by atoms with Gasteiger partial charge < -0.3 is 25.5 Å². The summed E-state index contributed by atoms with van der Waals surface area (Å²) >= 11 is 0. The van der Waals surface area contributed by atoms with E-state index in [2.05, 4.69) is 25.9 Å². The van der Waals surface area contributed by atoms with Crippen molar-refractivity contribution in [2.24, 2.45) is 0 Å². The fraction of sp³-hybridized carbons (Fsp3) is 0.100. The molecule has 0 saturated heterocycles. The number of nitrogens with zero attached hydrogens (tertiary/aromatic N) is 2. The molecule has 0 aliphatic heterocycles. The van der Waals surface area contributed by atoms with Crippen LogP contribution in [0.3, 0.4) is 0 Å². The lowest BCUT2D eigenvalue weighted by atomic mass is 10.0. The van der Waals surface area contributed by atoms with E-state index in [1.165, 1.54) is 12.4 Å². The number of amides is 2. The first-order valence-electron chi connectivity index (χ1n) is 12.5. The standard InChI is InChI=1S/C30H25N5O5/c36-27(17-19-6-11-24-26(16-19)40-30(35-24)33-22-4-2-1-3-5-22)32-23-9-7-20(8-10-23)25(18-28(37)38)34-29(39)21-12-14-31-15-13-21/h1-16,25H,17-18H2,(H,32,36)(H,33,35)(H,34,39)(H,37,38)/t25-/m1/s1. The number of anilines is 3. The summed E-state index contributed by atoms with van der Waals surface area (Å²) < 4.78 is 5.80. The van der Waals surface area contributed by atoms with E-state index in [1.807, 2.05) is 36.4 Å². The van der Waals surface area contributed by atoms with Gasteiger partial charge in [0.05, 0.1) is 18.9 Å². The molecule has 2 aromatic heterocycles. The van der Waals surface area contributed by atoms with Crippen LogP contribution in [-0.4, -0.2) is 32.9 Å². The number of aromatic nitrogens is 2. The average molecular weight is 536 g/mol. The molecule has 4 N–H and O–H groups in total. The van der Waals surface area contributed by atoms with Crippen LogP contribution in [0.2, 0.25) is 0 Å². The minimum atomic E-state index is -1.05. The van der Waals surface area contributed by atoms with Gasteiger partial charge in [0.15, 0.2) is 5.58 Å². The summed E-state index contributed by atoms with van der Waals surface area (Å²) in [4.78, 5) is 45.0. The van der Waals surface area contributed by atoms with Crippen molar-refractivity contribution in [1.82, 2.24) is 15.3 Å². The third-order valence-electron chi connectivity index (χ3n) is 6.07. The Kier molecular flexibility index (Phi) is 7.77. The van der Waals surface area contributed by atoms with Gasteiger partial charge in [-0.15, -0.1) is 0 Å². The molecular weight excluding hydrogens is 510 g/mol. The maximum absolute atomic E-state index is 12.7. The van der Waals surface area contributed by atoms with Crippen LogP contribution in [-0.2, 0) is 16.0 Å². The molecular formula is C30H25N5O5. The zero-order valence-corrected chi connectivity index (χ0v) is 21.2. The van der Waals surface area contributed by atoms with Crippen LogP contribution in [0.1, 0.15) is 33.9 Å². The fourth-order valence-corrected chi connectivity index (χ4v) is 4.14. The van der Waals surface area contributed by atoms with E-state index in [-0.39, 0.29) is 18.7 Å². The molecule has 1 atom stereocenters. The van der Waals surface area contributed by atoms with Gasteiger partial charge in [-0.3, -0.25) is 19.4 Å². The van der Waals surface area contributed by atoms with Crippen molar-refractivity contribution in [2.45, 2.75) is 18.9 Å². The molecule has 200 valence electrons. The number of oxazole rings is 1. The Labute approximate surface area is 229 Å². The smallest absolute Gasteiger partial charge is 0.305 e. The lowest BCUT2D eigenvalue weighted by molar-refractivity contribution is -0.137. The van der Waals surface area contributed by atoms with Gasteiger partial charge in [0.1, 0.15) is 5.52 Å². The van der Waals surface area contributed by atoms with Crippen molar-refractivity contribution >= 4 is 46.3 Å². The lowest BCUT2D eigenvalue weighted by Gasteiger charge is -2.18. The first kappa shape index (κ1) is 26.1. The van der Waals surface area contributed by atoms with Gasteiger partial charge in [0.2, 0.25) is 5.91 Å². The molecule has 0 aliphatic rings. The van der Waals surface area contributed by atoms with Crippen molar-refractivity contribution < 1.29 is 23.9 Å². The van der Waals surface area contributed by atoms with Gasteiger partial charge in [0, 0.05) is 29.3 Å². The number of hydrogen-bond acceptors (Lipinski definition) is 7. The summed E-state index contributed by atoms with van der Waals surface area (Å²) in [6.45, 7) is 0. The van der Waals surface area contributed by atoms with Crippen LogP contribution in [0.5, 0.6) is 0 Å². The Morgan fingerprint density at radius 1 is 0.875 bits per heavy atom. The van der Waals surface area contributed by atoms with Crippen LogP contribution < -0.4 is 16.0 Å². The highest BCUT2D eigenvalue weighted by atomic mass is 16.4. The summed E-state index contributed by atoms with van der Waals surface area (Å²) in [6, 6.07) is 24.4. The van der Waals surface area contributed by atoms with Crippen LogP contribution in [0.15, 0.2) is 102 Å². The second-order valence-electron chi connectivity index (χ2n) is 9.02. The normalized spacial score (nSPS) is 11.5. The lowest BCUT2D eigenvalue weighted by Crippen LogP contribution is -2.30. The van der Waals surface area contributed by atoms with Crippen molar-refractivity contribution in [2.75, 3.05) is 10.6 Å². The summed E-state index contributed by atoms with van der Waals surface area (Å²) in [5, 5.41) is 18.0. The Morgan fingerprint density at radius 3 is 2.35 bits per heavy atom. The number of benzene rings is 3. The van der Waals surface area contributed by atoms with Crippen molar-refractivity contribution in [1.29, 1.82) is 0 Å². The van der Waals surface area contributed by atoms with Gasteiger partial charge in [-0.2, -0.15) is 4.98 Å². The SMILES string of the molecule is O=C(O)C[C@@H](NC(=O)c1ccncc1)c1ccc(NC(=O)Cc2ccc3nc(Nc4ccccc4)oc3c2)cc1. The van der Waals surface area contributed by atoms with E-state index < -0.39 is 17.9 Å². The number of aliphatic carboxylic acids is 1. The Morgan fingerprint density at radius 2 is 1.62 bits per heavy atom. The van der Waals surface area contributed by atoms with E-state index in [4.69, 9.17) is 4.42 Å². The van der Waals surface area contributed by atoms with Crippen LogP contribution in [0.4, 0.5) is 17.4 Å². The largest absolute Gasteiger partial charge is 0.481 e. The molecule has 0 aliphatic carbocycles. The monoisotopic (exact) mass is 535 g/mol. The number of hydrogen-bond donors (Lipinski definition) is 4. The van der Waals surface area contributed by atoms with Crippen molar-refractivity contribution in [3.8, 4) is 0 Å². The Hall–Kier alpha value is -5.51. The number of fused-ring (bicyclic) bond motifs is 1. The average Bonchev–Trinajstić information content (AvgIpc) is 3.35. The van der Waals surface area contributed by atoms with Crippen LogP contribution >= 0.6 is 0 Å². The van der Waals surface area contributed by atoms with Gasteiger partial charge in [-0.1, -0.05) is 36.4 Å². The summed E-state index contributed by atoms with van der Waals surface area (Å²) in [5.74, 6) is -1.69. The number of para-hydroxylation sites is 1. The quantitative estimate of drug-likeness (QED) is 0.193. The molecule has 0 radical (unpaired) electrons. The molecule has 0 saturated carbocycles. The third-order valence-corrected chi connectivity index (χ3v) is 6.07. The minimum absolute atomic E-state index is 0.115. The zero-order valence-electron chi connectivity index (χ0n) is 21.2. The highest BCUT2D eigenvalue weighted by molar-refractivity contribution is 5.95. The van der Waals surface area contributed by atoms with E-state index >= 15 is 0 Å². The number of carbonyl (C=O) groups is 3. The molecule has 5 aromatic rings. The number of nitrogens with one attached hydrogen (secondary N) is 3.